The lowest BCUT2D eigenvalue weighted by molar-refractivity contribution is -0.137. The standard InChI is InChI=1S/C19H22F3NO/c1-14-4-6-15(7-5-14)18(12-13-23(2)3)24-17-10-8-16(9-11-17)19(20,21)22/h4-11,18H,12-13H2,1-3H3. The molecule has 0 aromatic heterocycles. The highest BCUT2D eigenvalue weighted by Crippen LogP contribution is 2.32. The first-order valence-corrected chi connectivity index (χ1v) is 7.81. The third-order valence-electron chi connectivity index (χ3n) is 3.75. The molecule has 5 heteroatoms. The van der Waals surface area contributed by atoms with Gasteiger partial charge in [-0.05, 0) is 50.8 Å². The monoisotopic (exact) mass is 337 g/mol. The Bertz CT molecular complexity index is 633. The molecule has 2 aromatic rings. The largest absolute Gasteiger partial charge is 0.486 e. The average molecular weight is 337 g/mol. The number of rotatable bonds is 6. The molecule has 1 unspecified atom stereocenters. The summed E-state index contributed by atoms with van der Waals surface area (Å²) in [6.45, 7) is 2.83. The van der Waals surface area contributed by atoms with E-state index in [2.05, 4.69) is 4.90 Å². The Morgan fingerprint density at radius 1 is 0.958 bits per heavy atom. The highest BCUT2D eigenvalue weighted by atomic mass is 19.4. The fourth-order valence-corrected chi connectivity index (χ4v) is 2.34. The molecule has 0 saturated carbocycles. The number of hydrogen-bond acceptors (Lipinski definition) is 2. The van der Waals surface area contributed by atoms with Gasteiger partial charge in [0.2, 0.25) is 0 Å². The molecule has 0 saturated heterocycles. The molecule has 0 bridgehead atoms. The zero-order chi connectivity index (χ0) is 17.7. The number of aryl methyl sites for hydroxylation is 1. The lowest BCUT2D eigenvalue weighted by Crippen LogP contribution is -2.18. The molecule has 1 atom stereocenters. The van der Waals surface area contributed by atoms with E-state index < -0.39 is 11.7 Å². The summed E-state index contributed by atoms with van der Waals surface area (Å²) in [5.41, 5.74) is 1.50. The van der Waals surface area contributed by atoms with Crippen LogP contribution in [-0.2, 0) is 6.18 Å². The van der Waals surface area contributed by atoms with Crippen molar-refractivity contribution in [2.24, 2.45) is 0 Å². The SMILES string of the molecule is Cc1ccc(C(CCN(C)C)Oc2ccc(C(F)(F)F)cc2)cc1. The molecule has 0 spiro atoms. The van der Waals surface area contributed by atoms with Crippen molar-refractivity contribution in [1.29, 1.82) is 0 Å². The molecule has 0 fully saturated rings. The van der Waals surface area contributed by atoms with Crippen molar-refractivity contribution in [3.05, 3.63) is 65.2 Å². The van der Waals surface area contributed by atoms with Gasteiger partial charge in [0.15, 0.2) is 0 Å². The number of benzene rings is 2. The van der Waals surface area contributed by atoms with Gasteiger partial charge < -0.3 is 9.64 Å². The Morgan fingerprint density at radius 3 is 2.04 bits per heavy atom. The van der Waals surface area contributed by atoms with Crippen molar-refractivity contribution in [3.63, 3.8) is 0 Å². The maximum Gasteiger partial charge on any atom is 0.416 e. The van der Waals surface area contributed by atoms with Crippen molar-refractivity contribution in [3.8, 4) is 5.75 Å². The van der Waals surface area contributed by atoms with Gasteiger partial charge in [-0.2, -0.15) is 13.2 Å². The summed E-state index contributed by atoms with van der Waals surface area (Å²) in [7, 11) is 3.95. The van der Waals surface area contributed by atoms with Gasteiger partial charge >= 0.3 is 6.18 Å². The fourth-order valence-electron chi connectivity index (χ4n) is 2.34. The third kappa shape index (κ3) is 5.27. The lowest BCUT2D eigenvalue weighted by atomic mass is 10.0. The number of nitrogens with zero attached hydrogens (tertiary/aromatic N) is 1. The summed E-state index contributed by atoms with van der Waals surface area (Å²) in [5, 5.41) is 0. The van der Waals surface area contributed by atoms with E-state index in [-0.39, 0.29) is 6.10 Å². The first kappa shape index (κ1) is 18.3. The van der Waals surface area contributed by atoms with E-state index in [4.69, 9.17) is 4.74 Å². The summed E-state index contributed by atoms with van der Waals surface area (Å²) in [6.07, 6.45) is -3.79. The molecule has 0 aliphatic rings. The first-order chi connectivity index (χ1) is 11.3. The Hall–Kier alpha value is -2.01. The van der Waals surface area contributed by atoms with Gasteiger partial charge in [0.25, 0.3) is 0 Å². The Labute approximate surface area is 140 Å². The minimum atomic E-state index is -4.33. The fraction of sp³-hybridized carbons (Fsp3) is 0.368. The van der Waals surface area contributed by atoms with E-state index >= 15 is 0 Å². The molecule has 0 radical (unpaired) electrons. The Morgan fingerprint density at radius 2 is 1.54 bits per heavy atom. The van der Waals surface area contributed by atoms with Crippen LogP contribution in [0.25, 0.3) is 0 Å². The molecule has 24 heavy (non-hydrogen) atoms. The molecular formula is C19H22F3NO. The molecule has 2 nitrogen and oxygen atoms in total. The van der Waals surface area contributed by atoms with Crippen LogP contribution in [0, 0.1) is 6.92 Å². The van der Waals surface area contributed by atoms with Crippen LogP contribution in [0.4, 0.5) is 13.2 Å². The maximum absolute atomic E-state index is 12.6. The lowest BCUT2D eigenvalue weighted by Gasteiger charge is -2.22. The number of halogens is 3. The first-order valence-electron chi connectivity index (χ1n) is 7.81. The van der Waals surface area contributed by atoms with E-state index in [9.17, 15) is 13.2 Å². The summed E-state index contributed by atoms with van der Waals surface area (Å²) >= 11 is 0. The third-order valence-corrected chi connectivity index (χ3v) is 3.75. The van der Waals surface area contributed by atoms with Crippen LogP contribution in [0.15, 0.2) is 48.5 Å². The van der Waals surface area contributed by atoms with Crippen LogP contribution in [0.2, 0.25) is 0 Å². The minimum Gasteiger partial charge on any atom is -0.486 e. The average Bonchev–Trinajstić information content (AvgIpc) is 2.52. The van der Waals surface area contributed by atoms with Gasteiger partial charge in [-0.1, -0.05) is 29.8 Å². The molecule has 0 heterocycles. The van der Waals surface area contributed by atoms with E-state index in [1.165, 1.54) is 12.1 Å². The van der Waals surface area contributed by atoms with Crippen molar-refractivity contribution < 1.29 is 17.9 Å². The minimum absolute atomic E-state index is 0.204. The van der Waals surface area contributed by atoms with Crippen LogP contribution in [0.3, 0.4) is 0 Å². The summed E-state index contributed by atoms with van der Waals surface area (Å²) in [5.74, 6) is 0.437. The second-order valence-corrected chi connectivity index (χ2v) is 6.13. The van der Waals surface area contributed by atoms with Crippen molar-refractivity contribution in [1.82, 2.24) is 4.90 Å². The van der Waals surface area contributed by atoms with E-state index in [1.54, 1.807) is 0 Å². The van der Waals surface area contributed by atoms with Crippen molar-refractivity contribution >= 4 is 0 Å². The molecule has 2 rings (SSSR count). The summed E-state index contributed by atoms with van der Waals surface area (Å²) < 4.78 is 43.9. The topological polar surface area (TPSA) is 12.5 Å². The maximum atomic E-state index is 12.6. The van der Waals surface area contributed by atoms with E-state index in [0.29, 0.717) is 5.75 Å². The summed E-state index contributed by atoms with van der Waals surface area (Å²) in [6, 6.07) is 12.9. The molecule has 0 N–H and O–H groups in total. The van der Waals surface area contributed by atoms with Gasteiger partial charge in [0, 0.05) is 13.0 Å². The number of alkyl halides is 3. The predicted molar refractivity (Wildman–Crippen MR) is 89.2 cm³/mol. The molecule has 2 aromatic carbocycles. The summed E-state index contributed by atoms with van der Waals surface area (Å²) in [4.78, 5) is 2.05. The molecular weight excluding hydrogens is 315 g/mol. The Balaban J connectivity index is 2.16. The zero-order valence-corrected chi connectivity index (χ0v) is 14.1. The van der Waals surface area contributed by atoms with Gasteiger partial charge in [-0.3, -0.25) is 0 Å². The smallest absolute Gasteiger partial charge is 0.416 e. The number of ether oxygens (including phenoxy) is 1. The molecule has 130 valence electrons. The second-order valence-electron chi connectivity index (χ2n) is 6.13. The van der Waals surface area contributed by atoms with Crippen LogP contribution in [0.5, 0.6) is 5.75 Å². The van der Waals surface area contributed by atoms with Crippen LogP contribution >= 0.6 is 0 Å². The highest BCUT2D eigenvalue weighted by Gasteiger charge is 2.30. The van der Waals surface area contributed by atoms with Crippen molar-refractivity contribution in [2.75, 3.05) is 20.6 Å². The number of hydrogen-bond donors (Lipinski definition) is 0. The highest BCUT2D eigenvalue weighted by molar-refractivity contribution is 5.30. The zero-order valence-electron chi connectivity index (χ0n) is 14.1. The van der Waals surface area contributed by atoms with Crippen LogP contribution in [-0.4, -0.2) is 25.5 Å². The van der Waals surface area contributed by atoms with E-state index in [0.717, 1.165) is 36.2 Å². The molecule has 0 amide bonds. The normalized spacial score (nSPS) is 13.1. The van der Waals surface area contributed by atoms with Crippen LogP contribution in [0.1, 0.15) is 29.2 Å². The molecule has 0 aliphatic carbocycles. The van der Waals surface area contributed by atoms with E-state index in [1.807, 2.05) is 45.3 Å². The van der Waals surface area contributed by atoms with Crippen molar-refractivity contribution in [2.45, 2.75) is 25.6 Å². The second kappa shape index (κ2) is 7.71. The van der Waals surface area contributed by atoms with Gasteiger partial charge in [-0.25, -0.2) is 0 Å². The van der Waals surface area contributed by atoms with Gasteiger partial charge in [-0.15, -0.1) is 0 Å². The van der Waals surface area contributed by atoms with Crippen LogP contribution < -0.4 is 4.74 Å². The van der Waals surface area contributed by atoms with Gasteiger partial charge in [0.1, 0.15) is 11.9 Å². The predicted octanol–water partition coefficient (Wildman–Crippen LogP) is 5.09. The quantitative estimate of drug-likeness (QED) is 0.728. The molecule has 0 aliphatic heterocycles. The van der Waals surface area contributed by atoms with Gasteiger partial charge in [0.05, 0.1) is 5.56 Å². The Kier molecular flexibility index (Phi) is 5.89.